The zero-order chi connectivity index (χ0) is 30.3. The van der Waals surface area contributed by atoms with Gasteiger partial charge in [-0.15, -0.1) is 0 Å². The molecule has 44 heavy (non-hydrogen) atoms. The molecule has 2 aliphatic carbocycles. The van der Waals surface area contributed by atoms with E-state index >= 15 is 0 Å². The molecular weight excluding hydrogens is 605 g/mol. The third kappa shape index (κ3) is 5.63. The molecule has 1 N–H and O–H groups in total. The first-order chi connectivity index (χ1) is 21.4. The van der Waals surface area contributed by atoms with Gasteiger partial charge in [-0.2, -0.15) is 13.0 Å². The lowest BCUT2D eigenvalue weighted by atomic mass is 9.82. The fraction of sp³-hybridized carbons (Fsp3) is 0.194. The molecule has 0 bridgehead atoms. The molecule has 8 heteroatoms. The maximum atomic E-state index is 11.6. The van der Waals surface area contributed by atoms with E-state index in [1.54, 1.807) is 11.8 Å². The largest absolute Gasteiger partial charge is 0.334 e. The van der Waals surface area contributed by atoms with Crippen molar-refractivity contribution in [3.8, 4) is 0 Å². The number of nitrogens with zero attached hydrogens (tertiary/aromatic N) is 2. The van der Waals surface area contributed by atoms with Crippen molar-refractivity contribution in [1.29, 1.82) is 0 Å². The Morgan fingerprint density at radius 2 is 1.80 bits per heavy atom. The Bertz CT molecular complexity index is 2000. The van der Waals surface area contributed by atoms with E-state index in [2.05, 4.69) is 114 Å². The normalized spacial score (nSPS) is 19.9. The molecule has 1 aliphatic heterocycles. The Balaban J connectivity index is 1.35. The van der Waals surface area contributed by atoms with Crippen molar-refractivity contribution in [2.75, 3.05) is 17.2 Å². The van der Waals surface area contributed by atoms with E-state index in [0.717, 1.165) is 44.1 Å². The van der Waals surface area contributed by atoms with Gasteiger partial charge < -0.3 is 4.90 Å². The predicted molar refractivity (Wildman–Crippen MR) is 184 cm³/mol. The van der Waals surface area contributed by atoms with Gasteiger partial charge in [0.2, 0.25) is 5.69 Å². The summed E-state index contributed by atoms with van der Waals surface area (Å²) in [6.45, 7) is 3.56. The van der Waals surface area contributed by atoms with Crippen LogP contribution >= 0.6 is 23.1 Å². The number of hydrogen-bond acceptors (Lipinski definition) is 5. The Morgan fingerprint density at radius 1 is 1.00 bits per heavy atom. The zero-order valence-corrected chi connectivity index (χ0v) is 26.8. The quantitative estimate of drug-likeness (QED) is 0.156. The van der Waals surface area contributed by atoms with Crippen LogP contribution in [0.3, 0.4) is 0 Å². The Labute approximate surface area is 267 Å². The van der Waals surface area contributed by atoms with Gasteiger partial charge >= 0.3 is 0 Å². The molecule has 0 spiro atoms. The van der Waals surface area contributed by atoms with Crippen LogP contribution in [0.5, 0.6) is 0 Å². The van der Waals surface area contributed by atoms with Gasteiger partial charge in [0.05, 0.1) is 22.4 Å². The first-order valence-corrected chi connectivity index (χ1v) is 18.1. The van der Waals surface area contributed by atoms with Gasteiger partial charge in [0.15, 0.2) is 0 Å². The number of thioether (sulfide) groups is 1. The second-order valence-electron chi connectivity index (χ2n) is 11.1. The van der Waals surface area contributed by atoms with Gasteiger partial charge in [-0.05, 0) is 48.1 Å². The van der Waals surface area contributed by atoms with Gasteiger partial charge in [-0.1, -0.05) is 114 Å². The number of aromatic nitrogens is 1. The molecule has 2 heterocycles. The molecule has 0 amide bonds. The molecule has 1 aromatic heterocycles. The molecule has 0 radical (unpaired) electrons. The molecule has 0 fully saturated rings. The molecule has 0 saturated heterocycles. The van der Waals surface area contributed by atoms with E-state index in [4.69, 9.17) is 0 Å². The highest BCUT2D eigenvalue weighted by molar-refractivity contribution is 8.03. The van der Waals surface area contributed by atoms with Gasteiger partial charge in [0.25, 0.3) is 15.1 Å². The van der Waals surface area contributed by atoms with Crippen LogP contribution in [-0.2, 0) is 16.7 Å². The molecule has 222 valence electrons. The van der Waals surface area contributed by atoms with Crippen molar-refractivity contribution >= 4 is 67.4 Å². The van der Waals surface area contributed by atoms with E-state index in [1.165, 1.54) is 15.6 Å². The number of allylic oxidation sites excluding steroid dienone is 7. The van der Waals surface area contributed by atoms with Crippen LogP contribution in [0.4, 0.5) is 5.69 Å². The number of benzene rings is 3. The van der Waals surface area contributed by atoms with Gasteiger partial charge in [0, 0.05) is 28.8 Å². The van der Waals surface area contributed by atoms with Crippen molar-refractivity contribution < 1.29 is 17.5 Å². The minimum atomic E-state index is -4.06. The van der Waals surface area contributed by atoms with E-state index in [-0.39, 0.29) is 5.75 Å². The van der Waals surface area contributed by atoms with Crippen molar-refractivity contribution in [3.63, 3.8) is 0 Å². The first-order valence-electron chi connectivity index (χ1n) is 14.9. The Kier molecular flexibility index (Phi) is 7.93. The summed E-state index contributed by atoms with van der Waals surface area (Å²) in [4.78, 5) is 4.67. The molecule has 0 saturated carbocycles. The summed E-state index contributed by atoms with van der Waals surface area (Å²) < 4.78 is 35.2. The second kappa shape index (κ2) is 12.0. The summed E-state index contributed by atoms with van der Waals surface area (Å²) in [5, 5.41) is 4.50. The summed E-state index contributed by atoms with van der Waals surface area (Å²) in [6.07, 6.45) is 18.4. The van der Waals surface area contributed by atoms with Crippen molar-refractivity contribution in [3.05, 3.63) is 129 Å². The molecule has 5 nitrogen and oxygen atoms in total. The predicted octanol–water partition coefficient (Wildman–Crippen LogP) is 8.33. The Hall–Kier alpha value is -3.69. The van der Waals surface area contributed by atoms with E-state index in [1.807, 2.05) is 29.5 Å². The monoisotopic (exact) mass is 637 g/mol. The summed E-state index contributed by atoms with van der Waals surface area (Å²) >= 11 is 3.53. The van der Waals surface area contributed by atoms with Crippen LogP contribution in [0, 0.1) is 5.92 Å². The Morgan fingerprint density at radius 3 is 2.61 bits per heavy atom. The maximum Gasteiger partial charge on any atom is 0.264 e. The molecule has 4 aromatic rings. The molecule has 2 unspecified atom stereocenters. The number of anilines is 1. The molecule has 7 rings (SSSR count). The van der Waals surface area contributed by atoms with Crippen molar-refractivity contribution in [2.24, 2.45) is 5.92 Å². The lowest BCUT2D eigenvalue weighted by Crippen LogP contribution is -2.40. The molecule has 3 aromatic carbocycles. The smallest absolute Gasteiger partial charge is 0.264 e. The fourth-order valence-corrected chi connectivity index (χ4v) is 9.26. The van der Waals surface area contributed by atoms with Crippen LogP contribution in [0.2, 0.25) is 0 Å². The van der Waals surface area contributed by atoms with Crippen LogP contribution in [0.1, 0.15) is 40.4 Å². The number of rotatable bonds is 8. The molecule has 3 aliphatic rings. The van der Waals surface area contributed by atoms with Gasteiger partial charge in [0.1, 0.15) is 11.4 Å². The van der Waals surface area contributed by atoms with Crippen molar-refractivity contribution in [1.82, 2.24) is 0 Å². The van der Waals surface area contributed by atoms with Gasteiger partial charge in [-0.3, -0.25) is 4.55 Å². The lowest BCUT2D eigenvalue weighted by molar-refractivity contribution is -0.698. The average molecular weight is 638 g/mol. The SMILES string of the molecule is CC[n+]1c(C=C(C=C2Sc3ccc4ccccc4c3N2CCCS(=O)(=O)O)c2ccccc2)sc2c1C1C=CC=CC1C=C2. The van der Waals surface area contributed by atoms with E-state index in [0.29, 0.717) is 24.8 Å². The standard InChI is InChI=1S/C36H32N2O3S3/c1-2-37-33(42-31-19-17-26-13-6-8-15-29(26)35(31)37)23-28(25-11-4-3-5-12-25)24-34-38(21-10-22-44(39,40)41)36-30-16-9-7-14-27(30)18-20-32(36)43-34/h3-9,11-20,23-24,26,29H,2,10,21-22H2,1H3/p+1. The first kappa shape index (κ1) is 29.0. The fourth-order valence-electron chi connectivity index (χ4n) is 6.36. The van der Waals surface area contributed by atoms with E-state index in [9.17, 15) is 13.0 Å². The van der Waals surface area contributed by atoms with Crippen molar-refractivity contribution in [2.45, 2.75) is 30.7 Å². The highest BCUT2D eigenvalue weighted by Gasteiger charge is 2.36. The maximum absolute atomic E-state index is 11.6. The highest BCUT2D eigenvalue weighted by Crippen LogP contribution is 2.50. The molecular formula is C36H33N2O3S3+. The third-order valence-electron chi connectivity index (χ3n) is 8.37. The minimum Gasteiger partial charge on any atom is -0.334 e. The highest BCUT2D eigenvalue weighted by atomic mass is 32.2. The summed E-state index contributed by atoms with van der Waals surface area (Å²) in [5.41, 5.74) is 4.66. The summed E-state index contributed by atoms with van der Waals surface area (Å²) in [6, 6.07) is 23.0. The number of hydrogen-bond donors (Lipinski definition) is 1. The molecule has 2 atom stereocenters. The van der Waals surface area contributed by atoms with Crippen LogP contribution in [-0.4, -0.2) is 25.3 Å². The number of fused-ring (bicyclic) bond motifs is 6. The number of thiazole rings is 1. The van der Waals surface area contributed by atoms with Crippen LogP contribution in [0.25, 0.3) is 28.5 Å². The lowest BCUT2D eigenvalue weighted by Gasteiger charge is -2.22. The average Bonchev–Trinajstić information content (AvgIpc) is 3.58. The summed E-state index contributed by atoms with van der Waals surface area (Å²) in [5.74, 6) is 0.440. The zero-order valence-electron chi connectivity index (χ0n) is 24.3. The topological polar surface area (TPSA) is 61.5 Å². The van der Waals surface area contributed by atoms with E-state index < -0.39 is 10.1 Å². The second-order valence-corrected chi connectivity index (χ2v) is 14.8. The summed E-state index contributed by atoms with van der Waals surface area (Å²) in [7, 11) is -4.06. The van der Waals surface area contributed by atoms with Crippen LogP contribution in [0.15, 0.2) is 113 Å². The minimum absolute atomic E-state index is 0.278. The van der Waals surface area contributed by atoms with Crippen LogP contribution < -0.4 is 9.47 Å². The third-order valence-corrected chi connectivity index (χ3v) is 11.4. The van der Waals surface area contributed by atoms with Gasteiger partial charge in [-0.25, -0.2) is 0 Å².